The van der Waals surface area contributed by atoms with Crippen molar-refractivity contribution < 1.29 is 24.6 Å². The molecule has 10 nitrogen and oxygen atoms in total. The fourth-order valence-electron chi connectivity index (χ4n) is 5.76. The molecule has 0 aliphatic heterocycles. The molecule has 1 aromatic carbocycles. The number of amides is 3. The Bertz CT molecular complexity index is 1120. The Morgan fingerprint density at radius 3 is 2.29 bits per heavy atom. The maximum absolute atomic E-state index is 13.8. The first kappa shape index (κ1) is 32.8. The standard InChI is InChI=1S/C32H47N5O5/c1-4-24(21(2)3)17-29(38)26(15-22-11-7-5-8-12-22)35-31(40)28(18-25-19-33-20-34-25)36-30(39)27(37-32(41)42)16-23-13-9-6-10-14-23/h4,6,9-10,13-14,19-22,24,26-29,37-38H,1,5,7-8,11-12,15-18H2,2-3H3,(H,33,34)(H,35,40)(H,36,39)(H,41,42)/t24-,26-,27-,28-,29+/m0/s1. The van der Waals surface area contributed by atoms with E-state index in [1.54, 1.807) is 6.20 Å². The van der Waals surface area contributed by atoms with Gasteiger partial charge in [0.25, 0.3) is 0 Å². The second-order valence-corrected chi connectivity index (χ2v) is 11.8. The molecule has 2 aromatic rings. The molecule has 0 unspecified atom stereocenters. The van der Waals surface area contributed by atoms with Crippen LogP contribution in [0.4, 0.5) is 4.79 Å². The van der Waals surface area contributed by atoms with Crippen LogP contribution in [0.1, 0.15) is 70.1 Å². The maximum Gasteiger partial charge on any atom is 0.405 e. The molecule has 1 saturated carbocycles. The number of aliphatic hydroxyl groups is 1. The van der Waals surface area contributed by atoms with Crippen molar-refractivity contribution in [3.05, 3.63) is 66.8 Å². The number of carbonyl (C=O) groups is 3. The van der Waals surface area contributed by atoms with E-state index in [-0.39, 0.29) is 24.7 Å². The number of hydrogen-bond donors (Lipinski definition) is 6. The number of hydrogen-bond acceptors (Lipinski definition) is 5. The van der Waals surface area contributed by atoms with Gasteiger partial charge in [-0.3, -0.25) is 9.59 Å². The first-order valence-corrected chi connectivity index (χ1v) is 15.1. The molecule has 0 saturated heterocycles. The number of carbonyl (C=O) groups excluding carboxylic acids is 2. The number of carboxylic acid groups (broad SMARTS) is 1. The van der Waals surface area contributed by atoms with Crippen molar-refractivity contribution in [1.82, 2.24) is 25.9 Å². The van der Waals surface area contributed by atoms with E-state index in [1.807, 2.05) is 36.4 Å². The van der Waals surface area contributed by atoms with Crippen LogP contribution in [-0.4, -0.2) is 62.3 Å². The van der Waals surface area contributed by atoms with Gasteiger partial charge in [0.15, 0.2) is 0 Å². The van der Waals surface area contributed by atoms with Crippen LogP contribution in [0.15, 0.2) is 55.5 Å². The number of benzene rings is 1. The summed E-state index contributed by atoms with van der Waals surface area (Å²) in [5.41, 5.74) is 1.34. The molecule has 1 aliphatic rings. The number of imidazole rings is 1. The zero-order valence-electron chi connectivity index (χ0n) is 24.8. The molecule has 0 spiro atoms. The van der Waals surface area contributed by atoms with Crippen LogP contribution in [0.5, 0.6) is 0 Å². The molecular weight excluding hydrogens is 534 g/mol. The summed E-state index contributed by atoms with van der Waals surface area (Å²) in [5, 5.41) is 28.9. The van der Waals surface area contributed by atoms with Crippen LogP contribution < -0.4 is 16.0 Å². The van der Waals surface area contributed by atoms with Crippen molar-refractivity contribution in [2.75, 3.05) is 0 Å². The van der Waals surface area contributed by atoms with Gasteiger partial charge in [0, 0.05) is 19.0 Å². The molecule has 1 aromatic heterocycles. The van der Waals surface area contributed by atoms with E-state index in [4.69, 9.17) is 0 Å². The first-order valence-electron chi connectivity index (χ1n) is 15.1. The molecule has 10 heteroatoms. The number of nitrogens with one attached hydrogen (secondary N) is 4. The topological polar surface area (TPSA) is 156 Å². The summed E-state index contributed by atoms with van der Waals surface area (Å²) in [5.74, 6) is -0.286. The lowest BCUT2D eigenvalue weighted by Gasteiger charge is -2.33. The molecule has 0 radical (unpaired) electrons. The average molecular weight is 582 g/mol. The maximum atomic E-state index is 13.8. The predicted octanol–water partition coefficient (Wildman–Crippen LogP) is 3.98. The predicted molar refractivity (Wildman–Crippen MR) is 162 cm³/mol. The van der Waals surface area contributed by atoms with Gasteiger partial charge in [-0.15, -0.1) is 6.58 Å². The van der Waals surface area contributed by atoms with E-state index in [9.17, 15) is 24.6 Å². The summed E-state index contributed by atoms with van der Waals surface area (Å²) in [6, 6.07) is 6.44. The van der Waals surface area contributed by atoms with Crippen LogP contribution >= 0.6 is 0 Å². The second-order valence-electron chi connectivity index (χ2n) is 11.8. The number of rotatable bonds is 16. The minimum Gasteiger partial charge on any atom is -0.465 e. The number of allylic oxidation sites excluding steroid dienone is 1. The van der Waals surface area contributed by atoms with Gasteiger partial charge in [0.2, 0.25) is 11.8 Å². The van der Waals surface area contributed by atoms with Crippen LogP contribution in [0, 0.1) is 17.8 Å². The first-order chi connectivity index (χ1) is 20.2. The Morgan fingerprint density at radius 1 is 1.02 bits per heavy atom. The molecule has 0 bridgehead atoms. The third kappa shape index (κ3) is 10.6. The molecule has 1 aliphatic carbocycles. The van der Waals surface area contributed by atoms with Gasteiger partial charge < -0.3 is 31.1 Å². The number of aromatic amines is 1. The summed E-state index contributed by atoms with van der Waals surface area (Å²) >= 11 is 0. The molecule has 3 rings (SSSR count). The van der Waals surface area contributed by atoms with Crippen molar-refractivity contribution in [2.45, 2.75) is 95.9 Å². The highest BCUT2D eigenvalue weighted by Gasteiger charge is 2.32. The van der Waals surface area contributed by atoms with E-state index in [0.717, 1.165) is 31.2 Å². The van der Waals surface area contributed by atoms with Crippen LogP contribution in [0.2, 0.25) is 0 Å². The Kier molecular flexibility index (Phi) is 13.1. The Morgan fingerprint density at radius 2 is 1.69 bits per heavy atom. The van der Waals surface area contributed by atoms with Gasteiger partial charge in [0.05, 0.1) is 24.2 Å². The fourth-order valence-corrected chi connectivity index (χ4v) is 5.76. The molecule has 1 fully saturated rings. The summed E-state index contributed by atoms with van der Waals surface area (Å²) in [4.78, 5) is 45.9. The minimum absolute atomic E-state index is 0.0890. The van der Waals surface area contributed by atoms with Crippen LogP contribution in [-0.2, 0) is 22.4 Å². The lowest BCUT2D eigenvalue weighted by molar-refractivity contribution is -0.131. The molecule has 3 amide bonds. The van der Waals surface area contributed by atoms with Crippen molar-refractivity contribution >= 4 is 17.9 Å². The highest BCUT2D eigenvalue weighted by atomic mass is 16.4. The molecule has 5 atom stereocenters. The fraction of sp³-hybridized carbons (Fsp3) is 0.562. The quantitative estimate of drug-likeness (QED) is 0.165. The van der Waals surface area contributed by atoms with Crippen molar-refractivity contribution in [1.29, 1.82) is 0 Å². The highest BCUT2D eigenvalue weighted by Crippen LogP contribution is 2.29. The minimum atomic E-state index is -1.34. The van der Waals surface area contributed by atoms with Crippen molar-refractivity contribution in [3.8, 4) is 0 Å². The lowest BCUT2D eigenvalue weighted by atomic mass is 9.81. The zero-order valence-corrected chi connectivity index (χ0v) is 24.8. The van der Waals surface area contributed by atoms with E-state index in [0.29, 0.717) is 24.5 Å². The molecular formula is C32H47N5O5. The van der Waals surface area contributed by atoms with E-state index >= 15 is 0 Å². The summed E-state index contributed by atoms with van der Waals surface area (Å²) in [6.45, 7) is 8.10. The van der Waals surface area contributed by atoms with Gasteiger partial charge in [0.1, 0.15) is 12.1 Å². The van der Waals surface area contributed by atoms with Gasteiger partial charge in [-0.1, -0.05) is 82.4 Å². The Balaban J connectivity index is 1.80. The molecule has 1 heterocycles. The van der Waals surface area contributed by atoms with Gasteiger partial charge in [-0.25, -0.2) is 9.78 Å². The number of nitrogens with zero attached hydrogens (tertiary/aromatic N) is 1. The van der Waals surface area contributed by atoms with Crippen molar-refractivity contribution in [2.24, 2.45) is 17.8 Å². The average Bonchev–Trinajstić information content (AvgIpc) is 3.48. The number of aliphatic hydroxyl groups excluding tert-OH is 1. The Labute approximate surface area is 248 Å². The lowest BCUT2D eigenvalue weighted by Crippen LogP contribution is -2.57. The van der Waals surface area contributed by atoms with Crippen LogP contribution in [0.3, 0.4) is 0 Å². The summed E-state index contributed by atoms with van der Waals surface area (Å²) in [7, 11) is 0. The highest BCUT2D eigenvalue weighted by molar-refractivity contribution is 5.91. The van der Waals surface area contributed by atoms with Crippen molar-refractivity contribution in [3.63, 3.8) is 0 Å². The van der Waals surface area contributed by atoms with Gasteiger partial charge in [-0.05, 0) is 36.2 Å². The number of H-pyrrole nitrogens is 1. The SMILES string of the molecule is C=C[C@@H](C[C@@H](O)[C@H](CC1CCCCC1)NC(=O)[C@H](Cc1c[nH]cn1)NC(=O)[C@H](Cc1ccccc1)NC(=O)O)C(C)C. The zero-order chi connectivity index (χ0) is 30.5. The van der Waals surface area contributed by atoms with Gasteiger partial charge in [-0.2, -0.15) is 0 Å². The summed E-state index contributed by atoms with van der Waals surface area (Å²) < 4.78 is 0. The summed E-state index contributed by atoms with van der Waals surface area (Å²) in [6.07, 6.45) is 9.81. The molecule has 42 heavy (non-hydrogen) atoms. The molecule has 230 valence electrons. The van der Waals surface area contributed by atoms with E-state index in [1.165, 1.54) is 12.7 Å². The smallest absolute Gasteiger partial charge is 0.405 e. The van der Waals surface area contributed by atoms with E-state index < -0.39 is 42.1 Å². The van der Waals surface area contributed by atoms with Gasteiger partial charge >= 0.3 is 6.09 Å². The Hall–Kier alpha value is -3.66. The number of aromatic nitrogens is 2. The monoisotopic (exact) mass is 581 g/mol. The third-order valence-corrected chi connectivity index (χ3v) is 8.27. The normalized spacial score (nSPS) is 17.4. The van der Waals surface area contributed by atoms with Crippen LogP contribution in [0.25, 0.3) is 0 Å². The third-order valence-electron chi connectivity index (χ3n) is 8.27. The van der Waals surface area contributed by atoms with E-state index in [2.05, 4.69) is 46.3 Å². The largest absolute Gasteiger partial charge is 0.465 e. The molecule has 6 N–H and O–H groups in total. The second kappa shape index (κ2) is 16.7.